The third-order valence-corrected chi connectivity index (χ3v) is 4.05. The molecule has 0 amide bonds. The Bertz CT molecular complexity index is 597. The van der Waals surface area contributed by atoms with Crippen molar-refractivity contribution in [2.45, 2.75) is 18.9 Å². The van der Waals surface area contributed by atoms with Gasteiger partial charge < -0.3 is 4.74 Å². The summed E-state index contributed by atoms with van der Waals surface area (Å²) in [6.07, 6.45) is 2.24. The molecule has 1 fully saturated rings. The quantitative estimate of drug-likeness (QED) is 0.772. The first kappa shape index (κ1) is 17.5. The molecule has 1 aliphatic heterocycles. The van der Waals surface area contributed by atoms with Gasteiger partial charge in [0.15, 0.2) is 0 Å². The van der Waals surface area contributed by atoms with Gasteiger partial charge in [-0.2, -0.15) is 0 Å². The van der Waals surface area contributed by atoms with Crippen molar-refractivity contribution in [2.24, 2.45) is 0 Å². The minimum atomic E-state index is -0.256. The fourth-order valence-electron chi connectivity index (χ4n) is 2.85. The lowest BCUT2D eigenvalue weighted by Gasteiger charge is -2.24. The van der Waals surface area contributed by atoms with Gasteiger partial charge in [-0.05, 0) is 43.6 Å². The van der Waals surface area contributed by atoms with Gasteiger partial charge in [-0.25, -0.2) is 4.79 Å². The number of nitrogens with zero attached hydrogens (tertiary/aromatic N) is 1. The number of carbonyl (C=O) groups excluding carboxylic acids is 1. The van der Waals surface area contributed by atoms with Gasteiger partial charge in [-0.1, -0.05) is 48.5 Å². The van der Waals surface area contributed by atoms with Crippen molar-refractivity contribution in [3.63, 3.8) is 0 Å². The first-order chi connectivity index (χ1) is 10.8. The molecule has 1 saturated heterocycles. The van der Waals surface area contributed by atoms with Crippen molar-refractivity contribution in [1.29, 1.82) is 0 Å². The van der Waals surface area contributed by atoms with Crippen LogP contribution < -0.4 is 0 Å². The minimum Gasteiger partial charge on any atom is -0.453 e. The molecule has 0 saturated carbocycles. The summed E-state index contributed by atoms with van der Waals surface area (Å²) < 4.78 is 5.80. The number of hydrogen-bond acceptors (Lipinski definition) is 3. The van der Waals surface area contributed by atoms with Crippen LogP contribution in [0.4, 0.5) is 0 Å². The van der Waals surface area contributed by atoms with Gasteiger partial charge in [-0.3, -0.25) is 4.90 Å². The Balaban J connectivity index is 0.00000192. The van der Waals surface area contributed by atoms with Crippen molar-refractivity contribution in [1.82, 2.24) is 4.90 Å². The molecule has 1 aliphatic rings. The molecule has 3 rings (SSSR count). The number of esters is 1. The molecule has 0 aromatic heterocycles. The van der Waals surface area contributed by atoms with Crippen molar-refractivity contribution in [2.75, 3.05) is 19.6 Å². The van der Waals surface area contributed by atoms with Crippen LogP contribution in [0.5, 0.6) is 0 Å². The standard InChI is InChI=1S/C19H21NO2.ClH/c21-19(17-11-5-2-6-12-17)22-18(15-20-13-7-8-14-20)16-9-3-1-4-10-16;/h1-6,9-12,18H,7-8,13-15H2;1H. The normalized spacial score (nSPS) is 15.7. The molecule has 0 spiro atoms. The number of rotatable bonds is 5. The molecule has 23 heavy (non-hydrogen) atoms. The van der Waals surface area contributed by atoms with E-state index in [2.05, 4.69) is 4.90 Å². The average Bonchev–Trinajstić information content (AvgIpc) is 3.09. The van der Waals surface area contributed by atoms with Gasteiger partial charge in [0.25, 0.3) is 0 Å². The second-order valence-corrected chi connectivity index (χ2v) is 5.68. The van der Waals surface area contributed by atoms with E-state index in [9.17, 15) is 4.79 Å². The number of hydrogen-bond donors (Lipinski definition) is 0. The van der Waals surface area contributed by atoms with Crippen LogP contribution in [0.1, 0.15) is 34.9 Å². The highest BCUT2D eigenvalue weighted by atomic mass is 35.5. The second-order valence-electron chi connectivity index (χ2n) is 5.68. The first-order valence-corrected chi connectivity index (χ1v) is 7.86. The molecule has 2 aromatic rings. The number of halogens is 1. The van der Waals surface area contributed by atoms with Crippen molar-refractivity contribution < 1.29 is 9.53 Å². The minimum absolute atomic E-state index is 0. The Morgan fingerprint density at radius 1 is 0.957 bits per heavy atom. The van der Waals surface area contributed by atoms with Gasteiger partial charge in [0.05, 0.1) is 5.56 Å². The van der Waals surface area contributed by atoms with Gasteiger partial charge in [0.1, 0.15) is 6.10 Å². The molecule has 1 atom stereocenters. The van der Waals surface area contributed by atoms with Crippen molar-refractivity contribution >= 4 is 18.4 Å². The zero-order valence-electron chi connectivity index (χ0n) is 13.1. The first-order valence-electron chi connectivity index (χ1n) is 7.86. The van der Waals surface area contributed by atoms with E-state index < -0.39 is 0 Å². The zero-order valence-corrected chi connectivity index (χ0v) is 13.9. The number of likely N-dealkylation sites (tertiary alicyclic amines) is 1. The van der Waals surface area contributed by atoms with Crippen LogP contribution in [-0.2, 0) is 4.74 Å². The molecule has 0 bridgehead atoms. The Labute approximate surface area is 143 Å². The largest absolute Gasteiger partial charge is 0.453 e. The van der Waals surface area contributed by atoms with E-state index in [1.807, 2.05) is 48.5 Å². The van der Waals surface area contributed by atoms with E-state index in [-0.39, 0.29) is 24.5 Å². The molecule has 3 nitrogen and oxygen atoms in total. The Morgan fingerprint density at radius 2 is 1.52 bits per heavy atom. The smallest absolute Gasteiger partial charge is 0.338 e. The highest BCUT2D eigenvalue weighted by Gasteiger charge is 2.22. The molecule has 0 radical (unpaired) electrons. The van der Waals surface area contributed by atoms with Gasteiger partial charge >= 0.3 is 5.97 Å². The highest BCUT2D eigenvalue weighted by Crippen LogP contribution is 2.22. The second kappa shape index (κ2) is 8.70. The van der Waals surface area contributed by atoms with E-state index in [0.717, 1.165) is 25.2 Å². The summed E-state index contributed by atoms with van der Waals surface area (Å²) in [4.78, 5) is 14.7. The fourth-order valence-corrected chi connectivity index (χ4v) is 2.85. The molecule has 122 valence electrons. The van der Waals surface area contributed by atoms with E-state index in [1.54, 1.807) is 12.1 Å². The maximum absolute atomic E-state index is 12.4. The maximum atomic E-state index is 12.4. The summed E-state index contributed by atoms with van der Waals surface area (Å²) in [7, 11) is 0. The third-order valence-electron chi connectivity index (χ3n) is 4.05. The average molecular weight is 332 g/mol. The van der Waals surface area contributed by atoms with E-state index in [1.165, 1.54) is 12.8 Å². The van der Waals surface area contributed by atoms with E-state index >= 15 is 0 Å². The molecule has 0 N–H and O–H groups in total. The fraction of sp³-hybridized carbons (Fsp3) is 0.316. The van der Waals surface area contributed by atoms with Crippen LogP contribution in [0.3, 0.4) is 0 Å². The summed E-state index contributed by atoms with van der Waals surface area (Å²) in [5.41, 5.74) is 1.66. The molecular weight excluding hydrogens is 310 g/mol. The summed E-state index contributed by atoms with van der Waals surface area (Å²) in [5.74, 6) is -0.256. The third kappa shape index (κ3) is 4.81. The predicted octanol–water partition coefficient (Wildman–Crippen LogP) is 4.10. The summed E-state index contributed by atoms with van der Waals surface area (Å²) in [6.45, 7) is 2.95. The molecular formula is C19H22ClNO2. The van der Waals surface area contributed by atoms with Crippen LogP contribution in [0.2, 0.25) is 0 Å². The Hall–Kier alpha value is -1.84. The van der Waals surface area contributed by atoms with Crippen LogP contribution >= 0.6 is 12.4 Å². The Kier molecular flexibility index (Phi) is 6.63. The lowest BCUT2D eigenvalue weighted by Crippen LogP contribution is -2.28. The SMILES string of the molecule is Cl.O=C(OC(CN1CCCC1)c1ccccc1)c1ccccc1. The van der Waals surface area contributed by atoms with Gasteiger partial charge in [-0.15, -0.1) is 12.4 Å². The summed E-state index contributed by atoms with van der Waals surface area (Å²) in [6, 6.07) is 19.2. The molecule has 1 heterocycles. The molecule has 0 aliphatic carbocycles. The van der Waals surface area contributed by atoms with Crippen molar-refractivity contribution in [3.8, 4) is 0 Å². The number of ether oxygens (including phenoxy) is 1. The van der Waals surface area contributed by atoms with Crippen LogP contribution in [-0.4, -0.2) is 30.5 Å². The zero-order chi connectivity index (χ0) is 15.2. The lowest BCUT2D eigenvalue weighted by molar-refractivity contribution is 0.0216. The monoisotopic (exact) mass is 331 g/mol. The molecule has 2 aromatic carbocycles. The predicted molar refractivity (Wildman–Crippen MR) is 94.0 cm³/mol. The summed E-state index contributed by atoms with van der Waals surface area (Å²) in [5, 5.41) is 0. The van der Waals surface area contributed by atoms with Crippen LogP contribution in [0, 0.1) is 0 Å². The van der Waals surface area contributed by atoms with Crippen LogP contribution in [0.15, 0.2) is 60.7 Å². The maximum Gasteiger partial charge on any atom is 0.338 e. The van der Waals surface area contributed by atoms with Gasteiger partial charge in [0, 0.05) is 6.54 Å². The van der Waals surface area contributed by atoms with Crippen LogP contribution in [0.25, 0.3) is 0 Å². The number of benzene rings is 2. The van der Waals surface area contributed by atoms with Gasteiger partial charge in [0.2, 0.25) is 0 Å². The van der Waals surface area contributed by atoms with E-state index in [4.69, 9.17) is 4.74 Å². The van der Waals surface area contributed by atoms with E-state index in [0.29, 0.717) is 5.56 Å². The Morgan fingerprint density at radius 3 is 2.13 bits per heavy atom. The summed E-state index contributed by atoms with van der Waals surface area (Å²) >= 11 is 0. The lowest BCUT2D eigenvalue weighted by atomic mass is 10.1. The topological polar surface area (TPSA) is 29.5 Å². The number of carbonyl (C=O) groups is 1. The van der Waals surface area contributed by atoms with Crippen molar-refractivity contribution in [3.05, 3.63) is 71.8 Å². The highest BCUT2D eigenvalue weighted by molar-refractivity contribution is 5.89. The molecule has 1 unspecified atom stereocenters. The molecule has 4 heteroatoms.